The highest BCUT2D eigenvalue weighted by Gasteiger charge is 2.24. The van der Waals surface area contributed by atoms with Crippen LogP contribution in [0.4, 0.5) is 0 Å². The van der Waals surface area contributed by atoms with E-state index in [9.17, 15) is 20.4 Å². The predicted molar refractivity (Wildman–Crippen MR) is 132 cm³/mol. The summed E-state index contributed by atoms with van der Waals surface area (Å²) in [5.41, 5.74) is 5.92. The number of fused-ring (bicyclic) bond motifs is 1. The number of aliphatic hydroxyl groups is 3. The summed E-state index contributed by atoms with van der Waals surface area (Å²) in [6.07, 6.45) is 0.113. The first-order valence-corrected chi connectivity index (χ1v) is 11.8. The van der Waals surface area contributed by atoms with Gasteiger partial charge in [0, 0.05) is 37.7 Å². The normalized spacial score (nSPS) is 16.2. The standard InChI is InChI=1S/C28H34N2O4/c1-19(29-15-27(33)22-9-10-26(32)25(14-22)18-31)11-20-5-4-6-21(12-20)13-28(34)30-16-23-7-2-3-8-24(23)17-30/h2-10,12,14,19,27-29,31-34H,11,13,15-18H2,1H3/t19-,27+,28?/m1/s1. The molecular formula is C28H34N2O4. The predicted octanol–water partition coefficient (Wildman–Crippen LogP) is 3.02. The van der Waals surface area contributed by atoms with Gasteiger partial charge in [0.1, 0.15) is 12.0 Å². The molecule has 180 valence electrons. The Kier molecular flexibility index (Phi) is 7.98. The third-order valence-electron chi connectivity index (χ3n) is 6.56. The molecule has 1 aliphatic rings. The molecule has 0 bridgehead atoms. The zero-order valence-corrected chi connectivity index (χ0v) is 19.6. The van der Waals surface area contributed by atoms with Crippen molar-refractivity contribution >= 4 is 0 Å². The van der Waals surface area contributed by atoms with E-state index in [2.05, 4.69) is 47.5 Å². The summed E-state index contributed by atoms with van der Waals surface area (Å²) >= 11 is 0. The monoisotopic (exact) mass is 462 g/mol. The Morgan fingerprint density at radius 3 is 2.24 bits per heavy atom. The zero-order chi connectivity index (χ0) is 24.1. The molecule has 4 rings (SSSR count). The highest BCUT2D eigenvalue weighted by atomic mass is 16.3. The summed E-state index contributed by atoms with van der Waals surface area (Å²) in [5.74, 6) is 0.0269. The van der Waals surface area contributed by atoms with Crippen molar-refractivity contribution in [3.8, 4) is 5.75 Å². The molecule has 0 saturated carbocycles. The lowest BCUT2D eigenvalue weighted by molar-refractivity contribution is 0.00104. The Labute approximate surface area is 201 Å². The van der Waals surface area contributed by atoms with Crippen molar-refractivity contribution in [1.82, 2.24) is 10.2 Å². The van der Waals surface area contributed by atoms with Crippen LogP contribution in [0.25, 0.3) is 0 Å². The molecule has 0 aliphatic carbocycles. The summed E-state index contributed by atoms with van der Waals surface area (Å²) in [5, 5.41) is 43.7. The second kappa shape index (κ2) is 11.1. The van der Waals surface area contributed by atoms with Gasteiger partial charge in [-0.3, -0.25) is 4.90 Å². The molecule has 6 heteroatoms. The Bertz CT molecular complexity index is 1080. The van der Waals surface area contributed by atoms with Crippen LogP contribution in [-0.2, 0) is 32.5 Å². The minimum atomic E-state index is -0.737. The number of phenols is 1. The summed E-state index contributed by atoms with van der Waals surface area (Å²) in [6.45, 7) is 3.73. The highest BCUT2D eigenvalue weighted by Crippen LogP contribution is 2.25. The fourth-order valence-electron chi connectivity index (χ4n) is 4.59. The third kappa shape index (κ3) is 6.03. The van der Waals surface area contributed by atoms with Crippen LogP contribution in [0, 0.1) is 0 Å². The Morgan fingerprint density at radius 1 is 0.882 bits per heavy atom. The van der Waals surface area contributed by atoms with Crippen LogP contribution >= 0.6 is 0 Å². The van der Waals surface area contributed by atoms with E-state index >= 15 is 0 Å². The van der Waals surface area contributed by atoms with Gasteiger partial charge in [-0.1, -0.05) is 54.6 Å². The summed E-state index contributed by atoms with van der Waals surface area (Å²) in [6, 6.07) is 21.6. The maximum absolute atomic E-state index is 10.8. The van der Waals surface area contributed by atoms with Gasteiger partial charge >= 0.3 is 0 Å². The average molecular weight is 463 g/mol. The van der Waals surface area contributed by atoms with Crippen molar-refractivity contribution in [3.05, 3.63) is 100 Å². The van der Waals surface area contributed by atoms with E-state index in [0.29, 0.717) is 24.1 Å². The summed E-state index contributed by atoms with van der Waals surface area (Å²) < 4.78 is 0. The summed E-state index contributed by atoms with van der Waals surface area (Å²) in [4.78, 5) is 2.11. The number of hydrogen-bond acceptors (Lipinski definition) is 6. The second-order valence-corrected chi connectivity index (χ2v) is 9.25. The molecule has 34 heavy (non-hydrogen) atoms. The molecule has 0 amide bonds. The number of nitrogens with zero attached hydrogens (tertiary/aromatic N) is 1. The van der Waals surface area contributed by atoms with Gasteiger partial charge in [0.2, 0.25) is 0 Å². The maximum atomic E-state index is 10.8. The van der Waals surface area contributed by atoms with Crippen LogP contribution in [0.5, 0.6) is 5.75 Å². The topological polar surface area (TPSA) is 96.2 Å². The fourth-order valence-corrected chi connectivity index (χ4v) is 4.59. The van der Waals surface area contributed by atoms with Gasteiger partial charge in [-0.25, -0.2) is 0 Å². The molecule has 5 N–H and O–H groups in total. The molecular weight excluding hydrogens is 428 g/mol. The van der Waals surface area contributed by atoms with Crippen LogP contribution in [0.15, 0.2) is 66.7 Å². The average Bonchev–Trinajstić information content (AvgIpc) is 3.28. The first-order valence-electron chi connectivity index (χ1n) is 11.8. The minimum Gasteiger partial charge on any atom is -0.508 e. The van der Waals surface area contributed by atoms with Gasteiger partial charge in [0.15, 0.2) is 0 Å². The fraction of sp³-hybridized carbons (Fsp3) is 0.357. The zero-order valence-electron chi connectivity index (χ0n) is 19.6. The molecule has 1 unspecified atom stereocenters. The Morgan fingerprint density at radius 2 is 1.56 bits per heavy atom. The molecule has 1 heterocycles. The van der Waals surface area contributed by atoms with Crippen LogP contribution in [0.1, 0.15) is 46.4 Å². The van der Waals surface area contributed by atoms with E-state index in [1.54, 1.807) is 12.1 Å². The lowest BCUT2D eigenvalue weighted by atomic mass is 10.0. The number of aliphatic hydroxyl groups excluding tert-OH is 3. The number of rotatable bonds is 10. The van der Waals surface area contributed by atoms with Crippen LogP contribution in [0.2, 0.25) is 0 Å². The van der Waals surface area contributed by atoms with Crippen molar-refractivity contribution in [3.63, 3.8) is 0 Å². The number of nitrogens with one attached hydrogen (secondary N) is 1. The largest absolute Gasteiger partial charge is 0.508 e. The molecule has 0 saturated heterocycles. The molecule has 3 atom stereocenters. The molecule has 3 aromatic carbocycles. The second-order valence-electron chi connectivity index (χ2n) is 9.25. The van der Waals surface area contributed by atoms with Crippen molar-refractivity contribution in [2.75, 3.05) is 6.54 Å². The highest BCUT2D eigenvalue weighted by molar-refractivity contribution is 5.36. The molecule has 0 radical (unpaired) electrons. The first kappa shape index (κ1) is 24.4. The number of hydrogen-bond donors (Lipinski definition) is 5. The van der Waals surface area contributed by atoms with Crippen molar-refractivity contribution in [2.45, 2.75) is 57.8 Å². The lowest BCUT2D eigenvalue weighted by Crippen LogP contribution is -2.32. The molecule has 0 aromatic heterocycles. The van der Waals surface area contributed by atoms with Crippen LogP contribution in [-0.4, -0.2) is 44.1 Å². The minimum absolute atomic E-state index is 0.0269. The van der Waals surface area contributed by atoms with Gasteiger partial charge in [-0.15, -0.1) is 0 Å². The Hall–Kier alpha value is -2.74. The number of benzene rings is 3. The molecule has 3 aromatic rings. The third-order valence-corrected chi connectivity index (χ3v) is 6.56. The van der Waals surface area contributed by atoms with Gasteiger partial charge in [0.25, 0.3) is 0 Å². The summed E-state index contributed by atoms with van der Waals surface area (Å²) in [7, 11) is 0. The van der Waals surface area contributed by atoms with Crippen LogP contribution in [0.3, 0.4) is 0 Å². The van der Waals surface area contributed by atoms with Crippen LogP contribution < -0.4 is 5.32 Å². The molecule has 6 nitrogen and oxygen atoms in total. The van der Waals surface area contributed by atoms with E-state index in [0.717, 1.165) is 25.1 Å². The van der Waals surface area contributed by atoms with Gasteiger partial charge in [0.05, 0.1) is 12.7 Å². The first-order chi connectivity index (χ1) is 16.4. The van der Waals surface area contributed by atoms with E-state index in [4.69, 9.17) is 0 Å². The van der Waals surface area contributed by atoms with E-state index in [1.165, 1.54) is 22.8 Å². The maximum Gasteiger partial charge on any atom is 0.121 e. The Balaban J connectivity index is 1.28. The van der Waals surface area contributed by atoms with Crippen molar-refractivity contribution in [1.29, 1.82) is 0 Å². The van der Waals surface area contributed by atoms with Gasteiger partial charge in [-0.2, -0.15) is 0 Å². The smallest absolute Gasteiger partial charge is 0.121 e. The molecule has 1 aliphatic heterocycles. The SMILES string of the molecule is C[C@H](Cc1cccc(CC(O)N2Cc3ccccc3C2)c1)NC[C@H](O)c1ccc(O)c(CO)c1. The van der Waals surface area contributed by atoms with Crippen molar-refractivity contribution in [2.24, 2.45) is 0 Å². The van der Waals surface area contributed by atoms with Gasteiger partial charge in [-0.05, 0) is 53.3 Å². The van der Waals surface area contributed by atoms with Gasteiger partial charge < -0.3 is 25.7 Å². The van der Waals surface area contributed by atoms with Crippen molar-refractivity contribution < 1.29 is 20.4 Å². The molecule has 0 fully saturated rings. The van der Waals surface area contributed by atoms with E-state index in [-0.39, 0.29) is 18.4 Å². The number of aromatic hydroxyl groups is 1. The quantitative estimate of drug-likeness (QED) is 0.318. The molecule has 0 spiro atoms. The van der Waals surface area contributed by atoms with E-state index in [1.807, 2.05) is 18.2 Å². The lowest BCUT2D eigenvalue weighted by Gasteiger charge is -2.23. The van der Waals surface area contributed by atoms with E-state index < -0.39 is 12.3 Å².